The molecule has 6 nitrogen and oxygen atoms in total. The predicted octanol–water partition coefficient (Wildman–Crippen LogP) is 4.43. The molecule has 1 N–H and O–H groups in total. The highest BCUT2D eigenvalue weighted by atomic mass is 35.5. The molecule has 3 aromatic rings. The number of amides is 1. The second-order valence-corrected chi connectivity index (χ2v) is 8.48. The molecular weight excluding hydrogens is 408 g/mol. The van der Waals surface area contributed by atoms with Crippen LogP contribution in [-0.2, 0) is 4.79 Å². The normalized spacial score (nSPS) is 11.1. The van der Waals surface area contributed by atoms with Crippen LogP contribution < -0.4 is 15.8 Å². The molecule has 0 aliphatic rings. The zero-order valence-corrected chi connectivity index (χ0v) is 18.3. The van der Waals surface area contributed by atoms with Gasteiger partial charge in [-0.3, -0.25) is 14.2 Å². The molecule has 29 heavy (non-hydrogen) atoms. The van der Waals surface area contributed by atoms with E-state index in [0.29, 0.717) is 21.1 Å². The molecule has 0 aliphatic heterocycles. The van der Waals surface area contributed by atoms with Crippen LogP contribution in [0.3, 0.4) is 0 Å². The summed E-state index contributed by atoms with van der Waals surface area (Å²) in [5, 5.41) is 4.40. The fraction of sp³-hybridized carbons (Fsp3) is 0.286. The number of nitrogens with one attached hydrogen (secondary N) is 1. The first kappa shape index (κ1) is 21.2. The Kier molecular flexibility index (Phi) is 6.49. The Hall–Kier alpha value is -2.51. The summed E-state index contributed by atoms with van der Waals surface area (Å²) < 4.78 is 1.61. The van der Waals surface area contributed by atoms with Crippen molar-refractivity contribution in [3.05, 3.63) is 57.8 Å². The average Bonchev–Trinajstić information content (AvgIpc) is 2.66. The minimum Gasteiger partial charge on any atom is -0.378 e. The molecule has 3 rings (SSSR count). The van der Waals surface area contributed by atoms with Crippen molar-refractivity contribution in [1.82, 2.24) is 9.55 Å². The molecule has 0 unspecified atom stereocenters. The number of nitrogens with zero attached hydrogens (tertiary/aromatic N) is 3. The van der Waals surface area contributed by atoms with Gasteiger partial charge in [0.15, 0.2) is 5.16 Å². The number of carbonyl (C=O) groups excluding carboxylic acids is 1. The molecule has 0 fully saturated rings. The summed E-state index contributed by atoms with van der Waals surface area (Å²) in [7, 11) is 3.92. The van der Waals surface area contributed by atoms with Gasteiger partial charge >= 0.3 is 0 Å². The van der Waals surface area contributed by atoms with Crippen molar-refractivity contribution in [2.75, 3.05) is 30.1 Å². The summed E-state index contributed by atoms with van der Waals surface area (Å²) in [5.74, 6) is -0.0240. The second kappa shape index (κ2) is 8.88. The van der Waals surface area contributed by atoms with Crippen LogP contribution in [-0.4, -0.2) is 35.3 Å². The highest BCUT2D eigenvalue weighted by molar-refractivity contribution is 7.99. The molecule has 2 aromatic carbocycles. The fourth-order valence-corrected chi connectivity index (χ4v) is 3.97. The van der Waals surface area contributed by atoms with Gasteiger partial charge in [-0.05, 0) is 56.3 Å². The third kappa shape index (κ3) is 4.92. The van der Waals surface area contributed by atoms with E-state index in [9.17, 15) is 9.59 Å². The first-order valence-electron chi connectivity index (χ1n) is 9.18. The molecule has 8 heteroatoms. The predicted molar refractivity (Wildman–Crippen MR) is 122 cm³/mol. The maximum atomic E-state index is 12.9. The van der Waals surface area contributed by atoms with E-state index in [0.717, 1.165) is 11.4 Å². The number of fused-ring (bicyclic) bond motifs is 1. The number of hydrogen-bond donors (Lipinski definition) is 1. The Balaban J connectivity index is 1.79. The summed E-state index contributed by atoms with van der Waals surface area (Å²) in [5.41, 5.74) is 2.17. The lowest BCUT2D eigenvalue weighted by molar-refractivity contribution is -0.113. The van der Waals surface area contributed by atoms with Crippen molar-refractivity contribution in [3.8, 4) is 0 Å². The number of hydrogen-bond acceptors (Lipinski definition) is 5. The van der Waals surface area contributed by atoms with E-state index in [-0.39, 0.29) is 23.3 Å². The second-order valence-electron chi connectivity index (χ2n) is 7.10. The standard InChI is InChI=1S/C21H23ClN4O2S/c1-13(2)26-20(28)17-10-5-14(22)11-18(17)24-21(26)29-12-19(27)23-15-6-8-16(9-7-15)25(3)4/h5-11,13H,12H2,1-4H3,(H,23,27). The average molecular weight is 431 g/mol. The zero-order chi connectivity index (χ0) is 21.1. The summed E-state index contributed by atoms with van der Waals surface area (Å²) in [6, 6.07) is 12.5. The molecule has 1 aromatic heterocycles. The van der Waals surface area contributed by atoms with E-state index in [1.807, 2.05) is 57.1 Å². The lowest BCUT2D eigenvalue weighted by Gasteiger charge is -2.16. The largest absolute Gasteiger partial charge is 0.378 e. The zero-order valence-electron chi connectivity index (χ0n) is 16.8. The summed E-state index contributed by atoms with van der Waals surface area (Å²) in [4.78, 5) is 31.9. The highest BCUT2D eigenvalue weighted by Crippen LogP contribution is 2.23. The number of halogens is 1. The van der Waals surface area contributed by atoms with Crippen molar-refractivity contribution in [1.29, 1.82) is 0 Å². The molecule has 0 spiro atoms. The smallest absolute Gasteiger partial charge is 0.262 e. The topological polar surface area (TPSA) is 67.2 Å². The third-order valence-electron chi connectivity index (χ3n) is 4.35. The number of rotatable bonds is 6. The Morgan fingerprint density at radius 2 is 1.90 bits per heavy atom. The Morgan fingerprint density at radius 3 is 2.52 bits per heavy atom. The van der Waals surface area contributed by atoms with E-state index in [1.165, 1.54) is 11.8 Å². The molecule has 0 bridgehead atoms. The van der Waals surface area contributed by atoms with Crippen molar-refractivity contribution in [3.63, 3.8) is 0 Å². The third-order valence-corrected chi connectivity index (χ3v) is 5.54. The SMILES string of the molecule is CC(C)n1c(SCC(=O)Nc2ccc(N(C)C)cc2)nc2cc(Cl)ccc2c1=O. The first-order valence-corrected chi connectivity index (χ1v) is 10.5. The number of thioether (sulfide) groups is 1. The Bertz CT molecular complexity index is 1090. The van der Waals surface area contributed by atoms with E-state index in [4.69, 9.17) is 11.6 Å². The Morgan fingerprint density at radius 1 is 1.21 bits per heavy atom. The van der Waals surface area contributed by atoms with Crippen molar-refractivity contribution >= 4 is 51.5 Å². The highest BCUT2D eigenvalue weighted by Gasteiger charge is 2.16. The molecule has 0 aliphatic carbocycles. The molecule has 0 radical (unpaired) electrons. The number of carbonyl (C=O) groups is 1. The van der Waals surface area contributed by atoms with E-state index >= 15 is 0 Å². The number of anilines is 2. The van der Waals surface area contributed by atoms with Crippen LogP contribution >= 0.6 is 23.4 Å². The Labute approximate surface area is 178 Å². The minimum atomic E-state index is -0.164. The molecule has 152 valence electrons. The van der Waals surface area contributed by atoms with Crippen LogP contribution in [0, 0.1) is 0 Å². The van der Waals surface area contributed by atoms with E-state index < -0.39 is 0 Å². The number of benzene rings is 2. The van der Waals surface area contributed by atoms with Crippen molar-refractivity contribution < 1.29 is 4.79 Å². The van der Waals surface area contributed by atoms with Gasteiger partial charge in [-0.25, -0.2) is 4.98 Å². The monoisotopic (exact) mass is 430 g/mol. The van der Waals surface area contributed by atoms with Gasteiger partial charge in [0.2, 0.25) is 5.91 Å². The fourth-order valence-electron chi connectivity index (χ4n) is 2.88. The van der Waals surface area contributed by atoms with Crippen LogP contribution in [0.4, 0.5) is 11.4 Å². The molecule has 1 heterocycles. The van der Waals surface area contributed by atoms with Gasteiger partial charge in [0, 0.05) is 36.5 Å². The van der Waals surface area contributed by atoms with Gasteiger partial charge in [-0.1, -0.05) is 23.4 Å². The summed E-state index contributed by atoms with van der Waals surface area (Å²) in [6.07, 6.45) is 0. The van der Waals surface area contributed by atoms with Crippen LogP contribution in [0.25, 0.3) is 10.9 Å². The van der Waals surface area contributed by atoms with Gasteiger partial charge in [0.05, 0.1) is 16.7 Å². The quantitative estimate of drug-likeness (QED) is 0.463. The van der Waals surface area contributed by atoms with Gasteiger partial charge in [0.25, 0.3) is 5.56 Å². The molecule has 0 saturated heterocycles. The molecule has 0 saturated carbocycles. The molecule has 1 amide bonds. The van der Waals surface area contributed by atoms with Gasteiger partial charge in [-0.15, -0.1) is 0 Å². The van der Waals surface area contributed by atoms with Gasteiger partial charge < -0.3 is 10.2 Å². The lowest BCUT2D eigenvalue weighted by Crippen LogP contribution is -2.25. The van der Waals surface area contributed by atoms with Gasteiger partial charge in [0.1, 0.15) is 0 Å². The van der Waals surface area contributed by atoms with Gasteiger partial charge in [-0.2, -0.15) is 0 Å². The summed E-state index contributed by atoms with van der Waals surface area (Å²) in [6.45, 7) is 3.84. The lowest BCUT2D eigenvalue weighted by atomic mass is 10.2. The van der Waals surface area contributed by atoms with Crippen LogP contribution in [0.5, 0.6) is 0 Å². The maximum Gasteiger partial charge on any atom is 0.262 e. The maximum absolute atomic E-state index is 12.9. The number of aromatic nitrogens is 2. The molecule has 0 atom stereocenters. The van der Waals surface area contributed by atoms with Crippen LogP contribution in [0.15, 0.2) is 52.4 Å². The van der Waals surface area contributed by atoms with Crippen LogP contribution in [0.2, 0.25) is 5.02 Å². The minimum absolute atomic E-state index is 0.0841. The van der Waals surface area contributed by atoms with E-state index in [1.54, 1.807) is 22.8 Å². The summed E-state index contributed by atoms with van der Waals surface area (Å²) >= 11 is 7.29. The van der Waals surface area contributed by atoms with E-state index in [2.05, 4.69) is 10.3 Å². The molecular formula is C21H23ClN4O2S. The van der Waals surface area contributed by atoms with Crippen molar-refractivity contribution in [2.45, 2.75) is 25.0 Å². The van der Waals surface area contributed by atoms with Crippen molar-refractivity contribution in [2.24, 2.45) is 0 Å². The first-order chi connectivity index (χ1) is 13.8. The van der Waals surface area contributed by atoms with Crippen LogP contribution in [0.1, 0.15) is 19.9 Å².